The molecule has 0 fully saturated rings. The summed E-state index contributed by atoms with van der Waals surface area (Å²) in [5.74, 6) is 0.912. The Morgan fingerprint density at radius 2 is 1.95 bits per heavy atom. The van der Waals surface area contributed by atoms with Crippen LogP contribution in [0.2, 0.25) is 5.02 Å². The van der Waals surface area contributed by atoms with Gasteiger partial charge in [-0.2, -0.15) is 0 Å². The van der Waals surface area contributed by atoms with E-state index in [9.17, 15) is 0 Å². The third-order valence-electron chi connectivity index (χ3n) is 3.64. The smallest absolute Gasteiger partial charge is 0.124 e. The number of benzene rings is 2. The number of hydrogen-bond acceptors (Lipinski definition) is 2. The number of rotatable bonds is 6. The van der Waals surface area contributed by atoms with E-state index < -0.39 is 0 Å². The van der Waals surface area contributed by atoms with E-state index in [0.29, 0.717) is 12.6 Å². The number of nitrogens with one attached hydrogen (secondary N) is 1. The minimum Gasteiger partial charge on any atom is -0.489 e. The zero-order chi connectivity index (χ0) is 15.2. The van der Waals surface area contributed by atoms with Gasteiger partial charge in [-0.05, 0) is 38.1 Å². The Morgan fingerprint density at radius 3 is 2.62 bits per heavy atom. The molecule has 2 rings (SSSR count). The Balaban J connectivity index is 2.16. The summed E-state index contributed by atoms with van der Waals surface area (Å²) >= 11 is 6.26. The number of aryl methyl sites for hydroxylation is 1. The van der Waals surface area contributed by atoms with Gasteiger partial charge in [-0.3, -0.25) is 0 Å². The summed E-state index contributed by atoms with van der Waals surface area (Å²) < 4.78 is 6.00. The SMILES string of the molecule is CCC(NC)c1ccccc1OCc1ccc(C)cc1Cl. The summed E-state index contributed by atoms with van der Waals surface area (Å²) in [5, 5.41) is 4.08. The van der Waals surface area contributed by atoms with Crippen LogP contribution in [0.4, 0.5) is 0 Å². The van der Waals surface area contributed by atoms with Crippen molar-refractivity contribution in [3.8, 4) is 5.75 Å². The highest BCUT2D eigenvalue weighted by atomic mass is 35.5. The van der Waals surface area contributed by atoms with E-state index in [2.05, 4.69) is 24.4 Å². The molecule has 21 heavy (non-hydrogen) atoms. The summed E-state index contributed by atoms with van der Waals surface area (Å²) in [5.41, 5.74) is 3.35. The number of ether oxygens (including phenoxy) is 1. The van der Waals surface area contributed by atoms with Crippen molar-refractivity contribution < 1.29 is 4.74 Å². The van der Waals surface area contributed by atoms with Crippen LogP contribution in [0.1, 0.15) is 36.1 Å². The van der Waals surface area contributed by atoms with Crippen molar-refractivity contribution in [3.05, 3.63) is 64.2 Å². The van der Waals surface area contributed by atoms with Crippen molar-refractivity contribution in [2.75, 3.05) is 7.05 Å². The molecule has 0 radical (unpaired) electrons. The first-order valence-corrected chi connectivity index (χ1v) is 7.67. The van der Waals surface area contributed by atoms with Crippen LogP contribution in [0, 0.1) is 6.92 Å². The molecule has 0 aliphatic carbocycles. The average molecular weight is 304 g/mol. The van der Waals surface area contributed by atoms with Gasteiger partial charge in [-0.1, -0.05) is 48.9 Å². The maximum absolute atomic E-state index is 6.26. The fraction of sp³-hybridized carbons (Fsp3) is 0.333. The third-order valence-corrected chi connectivity index (χ3v) is 3.99. The second-order valence-electron chi connectivity index (χ2n) is 5.17. The molecule has 2 aromatic rings. The van der Waals surface area contributed by atoms with Gasteiger partial charge >= 0.3 is 0 Å². The van der Waals surface area contributed by atoms with Gasteiger partial charge in [-0.25, -0.2) is 0 Å². The minimum absolute atomic E-state index is 0.301. The minimum atomic E-state index is 0.301. The standard InChI is InChI=1S/C18H22ClNO/c1-4-17(20-3)15-7-5-6-8-18(15)21-12-14-10-9-13(2)11-16(14)19/h5-11,17,20H,4,12H2,1-3H3. The Hall–Kier alpha value is -1.51. The molecule has 0 bridgehead atoms. The molecule has 2 aromatic carbocycles. The van der Waals surface area contributed by atoms with Crippen molar-refractivity contribution in [1.29, 1.82) is 0 Å². The van der Waals surface area contributed by atoms with Gasteiger partial charge in [0.05, 0.1) is 0 Å². The predicted molar refractivity (Wildman–Crippen MR) is 89.1 cm³/mol. The van der Waals surface area contributed by atoms with Crippen LogP contribution >= 0.6 is 11.6 Å². The van der Waals surface area contributed by atoms with Crippen LogP contribution in [0.15, 0.2) is 42.5 Å². The molecule has 2 nitrogen and oxygen atoms in total. The summed E-state index contributed by atoms with van der Waals surface area (Å²) in [6.07, 6.45) is 1.02. The quantitative estimate of drug-likeness (QED) is 0.819. The van der Waals surface area contributed by atoms with Gasteiger partial charge in [0.25, 0.3) is 0 Å². The highest BCUT2D eigenvalue weighted by Crippen LogP contribution is 2.28. The van der Waals surface area contributed by atoms with Gasteiger partial charge in [0.2, 0.25) is 0 Å². The van der Waals surface area contributed by atoms with Gasteiger partial charge in [0, 0.05) is 22.2 Å². The second-order valence-corrected chi connectivity index (χ2v) is 5.58. The molecule has 1 atom stereocenters. The molecule has 0 heterocycles. The lowest BCUT2D eigenvalue weighted by molar-refractivity contribution is 0.299. The van der Waals surface area contributed by atoms with E-state index in [-0.39, 0.29) is 0 Å². The molecule has 0 saturated heterocycles. The normalized spacial score (nSPS) is 12.2. The highest BCUT2D eigenvalue weighted by molar-refractivity contribution is 6.31. The van der Waals surface area contributed by atoms with Gasteiger partial charge in [0.15, 0.2) is 0 Å². The van der Waals surface area contributed by atoms with Crippen LogP contribution in [-0.2, 0) is 6.61 Å². The number of hydrogen-bond donors (Lipinski definition) is 1. The molecule has 1 N–H and O–H groups in total. The number of halogens is 1. The van der Waals surface area contributed by atoms with E-state index in [1.807, 2.05) is 44.3 Å². The van der Waals surface area contributed by atoms with Crippen LogP contribution in [0.25, 0.3) is 0 Å². The zero-order valence-electron chi connectivity index (χ0n) is 12.8. The van der Waals surface area contributed by atoms with Crippen LogP contribution in [-0.4, -0.2) is 7.05 Å². The molecule has 0 aliphatic heterocycles. The van der Waals surface area contributed by atoms with E-state index in [4.69, 9.17) is 16.3 Å². The van der Waals surface area contributed by atoms with Crippen LogP contribution < -0.4 is 10.1 Å². The van der Waals surface area contributed by atoms with Crippen LogP contribution in [0.3, 0.4) is 0 Å². The van der Waals surface area contributed by atoms with E-state index in [1.54, 1.807) is 0 Å². The lowest BCUT2D eigenvalue weighted by atomic mass is 10.0. The fourth-order valence-electron chi connectivity index (χ4n) is 2.40. The van der Waals surface area contributed by atoms with Gasteiger partial charge < -0.3 is 10.1 Å². The Kier molecular flexibility index (Phi) is 5.66. The summed E-state index contributed by atoms with van der Waals surface area (Å²) in [4.78, 5) is 0. The summed E-state index contributed by atoms with van der Waals surface area (Å²) in [7, 11) is 1.97. The molecule has 0 saturated carbocycles. The summed E-state index contributed by atoms with van der Waals surface area (Å²) in [6.45, 7) is 4.68. The third kappa shape index (κ3) is 3.99. The molecule has 112 valence electrons. The Bertz CT molecular complexity index is 594. The Morgan fingerprint density at radius 1 is 1.19 bits per heavy atom. The lowest BCUT2D eigenvalue weighted by Gasteiger charge is -2.19. The maximum Gasteiger partial charge on any atom is 0.124 e. The fourth-order valence-corrected chi connectivity index (χ4v) is 2.69. The van der Waals surface area contributed by atoms with Gasteiger partial charge in [-0.15, -0.1) is 0 Å². The second kappa shape index (κ2) is 7.48. The van der Waals surface area contributed by atoms with Crippen molar-refractivity contribution >= 4 is 11.6 Å². The van der Waals surface area contributed by atoms with Gasteiger partial charge in [0.1, 0.15) is 12.4 Å². The maximum atomic E-state index is 6.26. The first-order chi connectivity index (χ1) is 10.2. The highest BCUT2D eigenvalue weighted by Gasteiger charge is 2.12. The zero-order valence-corrected chi connectivity index (χ0v) is 13.6. The molecule has 0 spiro atoms. The molecule has 3 heteroatoms. The molecular formula is C18H22ClNO. The Labute approximate surface area is 132 Å². The van der Waals surface area contributed by atoms with E-state index in [1.165, 1.54) is 5.56 Å². The predicted octanol–water partition coefficient (Wildman–Crippen LogP) is 4.90. The van der Waals surface area contributed by atoms with E-state index >= 15 is 0 Å². The monoisotopic (exact) mass is 303 g/mol. The van der Waals surface area contributed by atoms with Crippen molar-refractivity contribution in [3.63, 3.8) is 0 Å². The average Bonchev–Trinajstić information content (AvgIpc) is 2.49. The molecular weight excluding hydrogens is 282 g/mol. The van der Waals surface area contributed by atoms with Crippen LogP contribution in [0.5, 0.6) is 5.75 Å². The molecule has 1 unspecified atom stereocenters. The van der Waals surface area contributed by atoms with Crippen molar-refractivity contribution in [2.45, 2.75) is 32.9 Å². The summed E-state index contributed by atoms with van der Waals surface area (Å²) in [6, 6.07) is 14.5. The lowest BCUT2D eigenvalue weighted by Crippen LogP contribution is -2.16. The molecule has 0 aromatic heterocycles. The van der Waals surface area contributed by atoms with E-state index in [0.717, 1.165) is 28.3 Å². The topological polar surface area (TPSA) is 21.3 Å². The molecule has 0 amide bonds. The van der Waals surface area contributed by atoms with Crippen molar-refractivity contribution in [2.24, 2.45) is 0 Å². The largest absolute Gasteiger partial charge is 0.489 e. The number of para-hydroxylation sites is 1. The van der Waals surface area contributed by atoms with Crippen molar-refractivity contribution in [1.82, 2.24) is 5.32 Å². The molecule has 0 aliphatic rings. The first kappa shape index (κ1) is 15.9. The first-order valence-electron chi connectivity index (χ1n) is 7.29.